The highest BCUT2D eigenvalue weighted by atomic mass is 35.5. The zero-order valence-electron chi connectivity index (χ0n) is 11.1. The predicted molar refractivity (Wildman–Crippen MR) is 77.1 cm³/mol. The summed E-state index contributed by atoms with van der Waals surface area (Å²) in [5.41, 5.74) is 0.251. The summed E-state index contributed by atoms with van der Waals surface area (Å²) in [6.45, 7) is 2.11. The summed E-state index contributed by atoms with van der Waals surface area (Å²) in [6.07, 6.45) is 3.16. The number of amides is 1. The van der Waals surface area contributed by atoms with Crippen LogP contribution < -0.4 is 10.5 Å². The maximum Gasteiger partial charge on any atom is 0.251 e. The van der Waals surface area contributed by atoms with Crippen LogP contribution in [-0.2, 0) is 10.0 Å². The molecule has 0 aromatic heterocycles. The second-order valence-corrected chi connectivity index (χ2v) is 6.99. The number of hydrogen-bond donors (Lipinski definition) is 2. The molecule has 2 unspecified atom stereocenters. The van der Waals surface area contributed by atoms with Crippen LogP contribution in [0.1, 0.15) is 36.5 Å². The van der Waals surface area contributed by atoms with Gasteiger partial charge in [0.25, 0.3) is 5.91 Å². The number of nitrogens with one attached hydrogen (secondary N) is 1. The molecule has 5 nitrogen and oxygen atoms in total. The maximum absolute atomic E-state index is 12.0. The molecule has 110 valence electrons. The maximum atomic E-state index is 12.0. The lowest BCUT2D eigenvalue weighted by Crippen LogP contribution is -2.27. The van der Waals surface area contributed by atoms with E-state index in [1.807, 2.05) is 0 Å². The molecule has 1 saturated carbocycles. The molecule has 0 heterocycles. The fourth-order valence-corrected chi connectivity index (χ4v) is 3.30. The van der Waals surface area contributed by atoms with Crippen molar-refractivity contribution in [3.63, 3.8) is 0 Å². The molecule has 0 bridgehead atoms. The zero-order chi connectivity index (χ0) is 14.9. The molecule has 1 aromatic rings. The Labute approximate surface area is 123 Å². The van der Waals surface area contributed by atoms with E-state index in [2.05, 4.69) is 12.2 Å². The van der Waals surface area contributed by atoms with Crippen LogP contribution in [0, 0.1) is 5.92 Å². The first-order valence-corrected chi connectivity index (χ1v) is 8.38. The summed E-state index contributed by atoms with van der Waals surface area (Å²) in [5, 5.41) is 7.96. The molecule has 1 aliphatic rings. The lowest BCUT2D eigenvalue weighted by atomic mass is 10.2. The summed E-state index contributed by atoms with van der Waals surface area (Å²) < 4.78 is 22.7. The van der Waals surface area contributed by atoms with Gasteiger partial charge in [0.1, 0.15) is 4.90 Å². The molecule has 0 spiro atoms. The van der Waals surface area contributed by atoms with Crippen molar-refractivity contribution in [1.82, 2.24) is 5.32 Å². The third-order valence-electron chi connectivity index (χ3n) is 3.40. The highest BCUT2D eigenvalue weighted by Crippen LogP contribution is 2.34. The zero-order valence-corrected chi connectivity index (χ0v) is 12.7. The van der Waals surface area contributed by atoms with Gasteiger partial charge in [0.05, 0.1) is 5.02 Å². The van der Waals surface area contributed by atoms with E-state index in [-0.39, 0.29) is 27.4 Å². The van der Waals surface area contributed by atoms with Crippen molar-refractivity contribution in [2.45, 2.75) is 37.1 Å². The van der Waals surface area contributed by atoms with Gasteiger partial charge in [0.15, 0.2) is 0 Å². The lowest BCUT2D eigenvalue weighted by Gasteiger charge is -2.07. The van der Waals surface area contributed by atoms with Gasteiger partial charge in [0, 0.05) is 11.6 Å². The monoisotopic (exact) mass is 316 g/mol. The van der Waals surface area contributed by atoms with E-state index in [0.29, 0.717) is 5.92 Å². The van der Waals surface area contributed by atoms with Crippen LogP contribution in [0.15, 0.2) is 23.1 Å². The Kier molecular flexibility index (Phi) is 4.36. The Morgan fingerprint density at radius 1 is 1.50 bits per heavy atom. The minimum absolute atomic E-state index is 0.0133. The number of carbonyl (C=O) groups excluding carboxylic acids is 1. The summed E-state index contributed by atoms with van der Waals surface area (Å²) in [6, 6.07) is 4.26. The SMILES string of the molecule is CCCC1CC1NC(=O)c1ccc(Cl)c(S(N)(=O)=O)c1. The van der Waals surface area contributed by atoms with E-state index in [1.54, 1.807) is 0 Å². The molecule has 0 saturated heterocycles. The summed E-state index contributed by atoms with van der Waals surface area (Å²) >= 11 is 5.78. The second-order valence-electron chi connectivity index (χ2n) is 5.05. The molecule has 7 heteroatoms. The van der Waals surface area contributed by atoms with Gasteiger partial charge in [-0.1, -0.05) is 24.9 Å². The Morgan fingerprint density at radius 3 is 2.80 bits per heavy atom. The molecule has 0 aliphatic heterocycles. The van der Waals surface area contributed by atoms with Crippen molar-refractivity contribution in [2.24, 2.45) is 11.1 Å². The van der Waals surface area contributed by atoms with Crippen LogP contribution in [-0.4, -0.2) is 20.4 Å². The van der Waals surface area contributed by atoms with E-state index in [4.69, 9.17) is 16.7 Å². The van der Waals surface area contributed by atoms with Crippen molar-refractivity contribution < 1.29 is 13.2 Å². The lowest BCUT2D eigenvalue weighted by molar-refractivity contribution is 0.0948. The predicted octanol–water partition coefficient (Wildman–Crippen LogP) is 1.91. The Hall–Kier alpha value is -1.11. The first-order chi connectivity index (χ1) is 9.32. The molecular weight excluding hydrogens is 300 g/mol. The number of primary sulfonamides is 1. The summed E-state index contributed by atoms with van der Waals surface area (Å²) in [4.78, 5) is 11.8. The molecule has 1 aromatic carbocycles. The van der Waals surface area contributed by atoms with Crippen molar-refractivity contribution >= 4 is 27.5 Å². The van der Waals surface area contributed by atoms with Gasteiger partial charge < -0.3 is 5.32 Å². The minimum atomic E-state index is -3.93. The molecule has 0 radical (unpaired) electrons. The molecular formula is C13H17ClN2O3S. The fraction of sp³-hybridized carbons (Fsp3) is 0.462. The number of halogens is 1. The quantitative estimate of drug-likeness (QED) is 0.869. The van der Waals surface area contributed by atoms with E-state index < -0.39 is 10.0 Å². The van der Waals surface area contributed by atoms with Crippen LogP contribution in [0.2, 0.25) is 5.02 Å². The number of rotatable bonds is 5. The largest absolute Gasteiger partial charge is 0.349 e. The number of sulfonamides is 1. The fourth-order valence-electron chi connectivity index (χ4n) is 2.23. The van der Waals surface area contributed by atoms with Crippen LogP contribution in [0.5, 0.6) is 0 Å². The van der Waals surface area contributed by atoms with Gasteiger partial charge in [-0.2, -0.15) is 0 Å². The molecule has 2 rings (SSSR count). The van der Waals surface area contributed by atoms with E-state index in [1.165, 1.54) is 18.2 Å². The Morgan fingerprint density at radius 2 is 2.20 bits per heavy atom. The van der Waals surface area contributed by atoms with Gasteiger partial charge in [0.2, 0.25) is 10.0 Å². The number of nitrogens with two attached hydrogens (primary N) is 1. The third kappa shape index (κ3) is 3.50. The molecule has 3 N–H and O–H groups in total. The number of carbonyl (C=O) groups is 1. The average Bonchev–Trinajstić information content (AvgIpc) is 3.06. The summed E-state index contributed by atoms with van der Waals surface area (Å²) in [5.74, 6) is 0.240. The van der Waals surface area contributed by atoms with Crippen LogP contribution >= 0.6 is 11.6 Å². The first kappa shape index (κ1) is 15.3. The molecule has 1 aliphatic carbocycles. The van der Waals surface area contributed by atoms with Gasteiger partial charge in [-0.25, -0.2) is 13.6 Å². The van der Waals surface area contributed by atoms with Crippen molar-refractivity contribution in [3.8, 4) is 0 Å². The van der Waals surface area contributed by atoms with E-state index in [0.717, 1.165) is 19.3 Å². The normalized spacial score (nSPS) is 21.6. The molecule has 1 fully saturated rings. The van der Waals surface area contributed by atoms with Crippen LogP contribution in [0.3, 0.4) is 0 Å². The van der Waals surface area contributed by atoms with E-state index in [9.17, 15) is 13.2 Å². The van der Waals surface area contributed by atoms with Gasteiger partial charge in [-0.3, -0.25) is 4.79 Å². The number of hydrogen-bond acceptors (Lipinski definition) is 3. The van der Waals surface area contributed by atoms with E-state index >= 15 is 0 Å². The highest BCUT2D eigenvalue weighted by Gasteiger charge is 2.37. The Balaban J connectivity index is 2.12. The summed E-state index contributed by atoms with van der Waals surface area (Å²) in [7, 11) is -3.93. The number of benzene rings is 1. The van der Waals surface area contributed by atoms with Crippen molar-refractivity contribution in [2.75, 3.05) is 0 Å². The van der Waals surface area contributed by atoms with Gasteiger partial charge in [-0.05, 0) is 37.0 Å². The van der Waals surface area contributed by atoms with Crippen molar-refractivity contribution in [1.29, 1.82) is 0 Å². The standard InChI is InChI=1S/C13H17ClN2O3S/c1-2-3-8-6-11(8)16-13(17)9-4-5-10(14)12(7-9)20(15,18)19/h4-5,7-8,11H,2-3,6H2,1H3,(H,16,17)(H2,15,18,19). The highest BCUT2D eigenvalue weighted by molar-refractivity contribution is 7.89. The second kappa shape index (κ2) is 5.71. The van der Waals surface area contributed by atoms with Gasteiger partial charge in [-0.15, -0.1) is 0 Å². The average molecular weight is 317 g/mol. The Bertz CT molecular complexity index is 631. The minimum Gasteiger partial charge on any atom is -0.349 e. The van der Waals surface area contributed by atoms with Gasteiger partial charge >= 0.3 is 0 Å². The van der Waals surface area contributed by atoms with Crippen LogP contribution in [0.4, 0.5) is 0 Å². The van der Waals surface area contributed by atoms with Crippen LogP contribution in [0.25, 0.3) is 0 Å². The van der Waals surface area contributed by atoms with Crippen molar-refractivity contribution in [3.05, 3.63) is 28.8 Å². The molecule has 20 heavy (non-hydrogen) atoms. The molecule has 1 amide bonds. The first-order valence-electron chi connectivity index (χ1n) is 6.46. The molecule has 2 atom stereocenters. The third-order valence-corrected chi connectivity index (χ3v) is 4.79. The topological polar surface area (TPSA) is 89.3 Å². The smallest absolute Gasteiger partial charge is 0.251 e.